The van der Waals surface area contributed by atoms with Gasteiger partial charge in [0.2, 0.25) is 0 Å². The third kappa shape index (κ3) is 3.28. The molecule has 0 aromatic carbocycles. The highest BCUT2D eigenvalue weighted by molar-refractivity contribution is 4.88. The van der Waals surface area contributed by atoms with Crippen molar-refractivity contribution in [2.24, 2.45) is 5.41 Å². The molecule has 2 heteroatoms. The summed E-state index contributed by atoms with van der Waals surface area (Å²) in [4.78, 5) is 2.42. The van der Waals surface area contributed by atoms with Crippen molar-refractivity contribution < 1.29 is 4.74 Å². The fourth-order valence-corrected chi connectivity index (χ4v) is 2.15. The molecule has 0 saturated carbocycles. The van der Waals surface area contributed by atoms with E-state index in [0.717, 1.165) is 6.61 Å². The molecule has 0 aliphatic carbocycles. The normalized spacial score (nSPS) is 28.6. The molecule has 1 heterocycles. The zero-order chi connectivity index (χ0) is 10.1. The maximum atomic E-state index is 5.65. The molecule has 0 amide bonds. The van der Waals surface area contributed by atoms with Crippen LogP contribution in [0.4, 0.5) is 0 Å². The van der Waals surface area contributed by atoms with Gasteiger partial charge in [-0.25, -0.2) is 0 Å². The zero-order valence-electron chi connectivity index (χ0n) is 9.63. The van der Waals surface area contributed by atoms with Crippen LogP contribution in [0.25, 0.3) is 0 Å². The summed E-state index contributed by atoms with van der Waals surface area (Å²) in [6, 6.07) is 0.623. The molecule has 13 heavy (non-hydrogen) atoms. The van der Waals surface area contributed by atoms with Crippen molar-refractivity contribution in [1.29, 1.82) is 0 Å². The minimum Gasteiger partial charge on any atom is -0.377 e. The summed E-state index contributed by atoms with van der Waals surface area (Å²) in [6.45, 7) is 10.9. The SMILES string of the molecule is CC(C)OC[C@@H]1CC(C)(C)CN1C. The first-order valence-corrected chi connectivity index (χ1v) is 5.22. The van der Waals surface area contributed by atoms with Crippen molar-refractivity contribution in [3.8, 4) is 0 Å². The Morgan fingerprint density at radius 1 is 1.46 bits per heavy atom. The van der Waals surface area contributed by atoms with E-state index in [4.69, 9.17) is 4.74 Å². The van der Waals surface area contributed by atoms with E-state index >= 15 is 0 Å². The van der Waals surface area contributed by atoms with Crippen molar-refractivity contribution in [3.05, 3.63) is 0 Å². The van der Waals surface area contributed by atoms with Crippen molar-refractivity contribution in [2.45, 2.75) is 46.3 Å². The van der Waals surface area contributed by atoms with E-state index in [0.29, 0.717) is 17.6 Å². The van der Waals surface area contributed by atoms with Crippen LogP contribution in [0.3, 0.4) is 0 Å². The van der Waals surface area contributed by atoms with E-state index in [1.165, 1.54) is 13.0 Å². The second-order valence-corrected chi connectivity index (χ2v) is 5.32. The van der Waals surface area contributed by atoms with Crippen LogP contribution in [0.2, 0.25) is 0 Å². The topological polar surface area (TPSA) is 12.5 Å². The highest BCUT2D eigenvalue weighted by Gasteiger charge is 2.35. The van der Waals surface area contributed by atoms with Crippen molar-refractivity contribution in [3.63, 3.8) is 0 Å². The highest BCUT2D eigenvalue weighted by Crippen LogP contribution is 2.32. The Labute approximate surface area is 82.3 Å². The van der Waals surface area contributed by atoms with E-state index in [-0.39, 0.29) is 0 Å². The quantitative estimate of drug-likeness (QED) is 0.668. The average Bonchev–Trinajstić information content (AvgIpc) is 2.20. The largest absolute Gasteiger partial charge is 0.377 e. The number of hydrogen-bond donors (Lipinski definition) is 0. The van der Waals surface area contributed by atoms with Crippen molar-refractivity contribution >= 4 is 0 Å². The highest BCUT2D eigenvalue weighted by atomic mass is 16.5. The Morgan fingerprint density at radius 3 is 2.46 bits per heavy atom. The van der Waals surface area contributed by atoms with E-state index in [1.54, 1.807) is 0 Å². The summed E-state index contributed by atoms with van der Waals surface area (Å²) in [7, 11) is 2.20. The maximum absolute atomic E-state index is 5.65. The Balaban J connectivity index is 2.35. The van der Waals surface area contributed by atoms with Crippen LogP contribution >= 0.6 is 0 Å². The smallest absolute Gasteiger partial charge is 0.0625 e. The van der Waals surface area contributed by atoms with Crippen LogP contribution in [0.1, 0.15) is 34.1 Å². The lowest BCUT2D eigenvalue weighted by Crippen LogP contribution is -2.30. The van der Waals surface area contributed by atoms with Gasteiger partial charge in [-0.3, -0.25) is 0 Å². The Bertz CT molecular complexity index is 165. The lowest BCUT2D eigenvalue weighted by atomic mass is 9.91. The molecular weight excluding hydrogens is 162 g/mol. The Kier molecular flexibility index (Phi) is 3.36. The molecule has 78 valence electrons. The van der Waals surface area contributed by atoms with E-state index in [9.17, 15) is 0 Å². The molecule has 0 aromatic heterocycles. The number of rotatable bonds is 3. The molecule has 1 aliphatic rings. The Morgan fingerprint density at radius 2 is 2.08 bits per heavy atom. The predicted molar refractivity (Wildman–Crippen MR) is 55.9 cm³/mol. The van der Waals surface area contributed by atoms with Crippen LogP contribution in [-0.4, -0.2) is 37.2 Å². The van der Waals surface area contributed by atoms with Gasteiger partial charge in [0.1, 0.15) is 0 Å². The van der Waals surface area contributed by atoms with E-state index in [1.807, 2.05) is 0 Å². The van der Waals surface area contributed by atoms with Gasteiger partial charge >= 0.3 is 0 Å². The van der Waals surface area contributed by atoms with Crippen LogP contribution in [0, 0.1) is 5.41 Å². The van der Waals surface area contributed by atoms with Gasteiger partial charge in [0.05, 0.1) is 12.7 Å². The summed E-state index contributed by atoms with van der Waals surface area (Å²) < 4.78 is 5.65. The molecule has 0 bridgehead atoms. The third-order valence-corrected chi connectivity index (χ3v) is 2.71. The van der Waals surface area contributed by atoms with E-state index < -0.39 is 0 Å². The number of likely N-dealkylation sites (tertiary alicyclic amines) is 1. The molecule has 1 aliphatic heterocycles. The maximum Gasteiger partial charge on any atom is 0.0625 e. The number of nitrogens with zero attached hydrogens (tertiary/aromatic N) is 1. The molecule has 0 aromatic rings. The summed E-state index contributed by atoms with van der Waals surface area (Å²) in [5.41, 5.74) is 0.472. The molecule has 0 unspecified atom stereocenters. The van der Waals surface area contributed by atoms with Gasteiger partial charge in [0.15, 0.2) is 0 Å². The van der Waals surface area contributed by atoms with Gasteiger partial charge in [-0.2, -0.15) is 0 Å². The molecule has 1 saturated heterocycles. The van der Waals surface area contributed by atoms with Crippen LogP contribution in [-0.2, 0) is 4.74 Å². The van der Waals surface area contributed by atoms with Crippen molar-refractivity contribution in [2.75, 3.05) is 20.2 Å². The monoisotopic (exact) mass is 185 g/mol. The summed E-state index contributed by atoms with van der Waals surface area (Å²) >= 11 is 0. The number of ether oxygens (including phenoxy) is 1. The molecule has 1 rings (SSSR count). The average molecular weight is 185 g/mol. The van der Waals surface area contributed by atoms with Crippen LogP contribution < -0.4 is 0 Å². The first-order valence-electron chi connectivity index (χ1n) is 5.22. The summed E-state index contributed by atoms with van der Waals surface area (Å²) in [5.74, 6) is 0. The fraction of sp³-hybridized carbons (Fsp3) is 1.00. The van der Waals surface area contributed by atoms with Gasteiger partial charge in [-0.15, -0.1) is 0 Å². The first-order chi connectivity index (χ1) is 5.91. The lowest BCUT2D eigenvalue weighted by molar-refractivity contribution is 0.0430. The van der Waals surface area contributed by atoms with Gasteiger partial charge < -0.3 is 9.64 Å². The van der Waals surface area contributed by atoms with Crippen LogP contribution in [0.5, 0.6) is 0 Å². The lowest BCUT2D eigenvalue weighted by Gasteiger charge is -2.20. The van der Waals surface area contributed by atoms with Gasteiger partial charge in [-0.1, -0.05) is 13.8 Å². The molecule has 1 atom stereocenters. The fourth-order valence-electron chi connectivity index (χ4n) is 2.15. The molecule has 0 N–H and O–H groups in total. The van der Waals surface area contributed by atoms with Gasteiger partial charge in [0.25, 0.3) is 0 Å². The number of hydrogen-bond acceptors (Lipinski definition) is 2. The van der Waals surface area contributed by atoms with Crippen LogP contribution in [0.15, 0.2) is 0 Å². The molecular formula is C11H23NO. The van der Waals surface area contributed by atoms with Gasteiger partial charge in [-0.05, 0) is 32.7 Å². The summed E-state index contributed by atoms with van der Waals surface area (Å²) in [5, 5.41) is 0. The van der Waals surface area contributed by atoms with E-state index in [2.05, 4.69) is 39.6 Å². The Hall–Kier alpha value is -0.0800. The first kappa shape index (κ1) is 11.0. The molecule has 0 radical (unpaired) electrons. The molecule has 2 nitrogen and oxygen atoms in total. The molecule has 0 spiro atoms. The minimum absolute atomic E-state index is 0.358. The van der Waals surface area contributed by atoms with Crippen molar-refractivity contribution in [1.82, 2.24) is 4.90 Å². The predicted octanol–water partition coefficient (Wildman–Crippen LogP) is 2.14. The third-order valence-electron chi connectivity index (χ3n) is 2.71. The molecule has 1 fully saturated rings. The zero-order valence-corrected chi connectivity index (χ0v) is 9.63. The second-order valence-electron chi connectivity index (χ2n) is 5.32. The summed E-state index contributed by atoms with van der Waals surface area (Å²) in [6.07, 6.45) is 1.62. The number of likely N-dealkylation sites (N-methyl/N-ethyl adjacent to an activating group) is 1. The minimum atomic E-state index is 0.358. The standard InChI is InChI=1S/C11H23NO/c1-9(2)13-7-10-6-11(3,4)8-12(10)5/h9-10H,6-8H2,1-5H3/t10-/m0/s1. The van der Waals surface area contributed by atoms with Gasteiger partial charge in [0, 0.05) is 12.6 Å². The second kappa shape index (κ2) is 3.97.